The number of benzene rings is 2. The van der Waals surface area contributed by atoms with Crippen molar-refractivity contribution in [2.75, 3.05) is 0 Å². The maximum atomic E-state index is 14.4. The zero-order chi connectivity index (χ0) is 23.8. The fourth-order valence-electron chi connectivity index (χ4n) is 3.77. The fraction of sp³-hybridized carbons (Fsp3) is 0.208. The van der Waals surface area contributed by atoms with E-state index in [1.807, 2.05) is 24.4 Å². The Kier molecular flexibility index (Phi) is 7.79. The number of rotatable bonds is 4. The molecule has 3 aromatic rings. The maximum absolute atomic E-state index is 14.4. The summed E-state index contributed by atoms with van der Waals surface area (Å²) < 4.78 is 16.5. The Labute approximate surface area is 222 Å². The Morgan fingerprint density at radius 3 is 2.64 bits per heavy atom. The molecule has 0 amide bonds. The number of imidazole rings is 1. The predicted molar refractivity (Wildman–Crippen MR) is 141 cm³/mol. The van der Waals surface area contributed by atoms with Crippen LogP contribution in [0.3, 0.4) is 0 Å². The highest BCUT2D eigenvalue weighted by atomic mass is 35.5. The van der Waals surface area contributed by atoms with Crippen molar-refractivity contribution in [1.82, 2.24) is 9.55 Å². The highest BCUT2D eigenvalue weighted by Crippen LogP contribution is 2.41. The van der Waals surface area contributed by atoms with Crippen molar-refractivity contribution in [3.8, 4) is 0 Å². The summed E-state index contributed by atoms with van der Waals surface area (Å²) in [6.45, 7) is 2.54. The minimum Gasteiger partial charge on any atom is -0.318 e. The Hall–Kier alpha value is -1.08. The van der Waals surface area contributed by atoms with Crippen LogP contribution in [0.4, 0.5) is 4.39 Å². The second-order valence-electron chi connectivity index (χ2n) is 7.88. The Bertz CT molecular complexity index is 1270. The summed E-state index contributed by atoms with van der Waals surface area (Å²) in [6, 6.07) is 9.09. The van der Waals surface area contributed by atoms with Gasteiger partial charge in [-0.2, -0.15) is 0 Å². The van der Waals surface area contributed by atoms with Crippen LogP contribution in [0.1, 0.15) is 30.2 Å². The van der Waals surface area contributed by atoms with Gasteiger partial charge in [-0.25, -0.2) is 9.37 Å². The van der Waals surface area contributed by atoms with Crippen LogP contribution in [0, 0.1) is 0 Å². The summed E-state index contributed by atoms with van der Waals surface area (Å²) in [6.07, 6.45) is 7.16. The molecule has 2 heterocycles. The molecule has 0 N–H and O–H groups in total. The molecule has 1 atom stereocenters. The van der Waals surface area contributed by atoms with Gasteiger partial charge in [-0.05, 0) is 60.9 Å². The molecule has 0 bridgehead atoms. The van der Waals surface area contributed by atoms with Gasteiger partial charge < -0.3 is 4.57 Å². The van der Waals surface area contributed by atoms with Crippen LogP contribution in [0.2, 0.25) is 20.1 Å². The topological polar surface area (TPSA) is 17.8 Å². The van der Waals surface area contributed by atoms with Gasteiger partial charge in [-0.3, -0.25) is 0 Å². The zero-order valence-electron chi connectivity index (χ0n) is 17.5. The molecular formula is C24H19Cl4FN2S2. The Morgan fingerprint density at radius 2 is 1.88 bits per heavy atom. The van der Waals surface area contributed by atoms with Gasteiger partial charge >= 0.3 is 0 Å². The quantitative estimate of drug-likeness (QED) is 0.253. The predicted octanol–water partition coefficient (Wildman–Crippen LogP) is 9.20. The highest BCUT2D eigenvalue weighted by Gasteiger charge is 2.33. The van der Waals surface area contributed by atoms with E-state index in [1.165, 1.54) is 6.08 Å². The molecule has 172 valence electrons. The van der Waals surface area contributed by atoms with Gasteiger partial charge in [0.25, 0.3) is 0 Å². The average molecular weight is 560 g/mol. The number of allylic oxidation sites excluding steroid dienone is 4. The summed E-state index contributed by atoms with van der Waals surface area (Å²) >= 11 is 30.9. The second kappa shape index (κ2) is 10.3. The normalized spacial score (nSPS) is 20.9. The first-order valence-corrected chi connectivity index (χ1v) is 13.0. The van der Waals surface area contributed by atoms with Crippen molar-refractivity contribution in [2.24, 2.45) is 0 Å². The molecule has 0 aliphatic carbocycles. The summed E-state index contributed by atoms with van der Waals surface area (Å²) in [7, 11) is 0. The number of nitrogens with zero attached hydrogens (tertiary/aromatic N) is 2. The van der Waals surface area contributed by atoms with Gasteiger partial charge in [-0.15, -0.1) is 12.6 Å². The summed E-state index contributed by atoms with van der Waals surface area (Å²) in [5, 5.41) is 2.82. The van der Waals surface area contributed by atoms with E-state index < -0.39 is 5.41 Å². The van der Waals surface area contributed by atoms with Crippen molar-refractivity contribution in [1.29, 1.82) is 0 Å². The summed E-state index contributed by atoms with van der Waals surface area (Å²) in [4.78, 5) is 5.38. The molecule has 0 spiro atoms. The van der Waals surface area contributed by atoms with E-state index in [2.05, 4.69) is 24.1 Å². The Morgan fingerprint density at radius 1 is 1.09 bits per heavy atom. The van der Waals surface area contributed by atoms with Gasteiger partial charge in [0.05, 0.1) is 21.3 Å². The lowest BCUT2D eigenvalue weighted by atomic mass is 9.76. The van der Waals surface area contributed by atoms with Crippen LogP contribution in [-0.4, -0.2) is 9.55 Å². The first-order chi connectivity index (χ1) is 15.7. The summed E-state index contributed by atoms with van der Waals surface area (Å²) in [5.74, 6) is 0.309. The molecule has 1 aliphatic rings. The number of hydrogen-bond donors (Lipinski definition) is 1. The lowest BCUT2D eigenvalue weighted by Gasteiger charge is -2.30. The van der Waals surface area contributed by atoms with Crippen LogP contribution in [0.5, 0.6) is 0 Å². The van der Waals surface area contributed by atoms with Crippen LogP contribution < -0.4 is 0 Å². The zero-order valence-corrected chi connectivity index (χ0v) is 22.2. The van der Waals surface area contributed by atoms with Crippen LogP contribution in [0.25, 0.3) is 0 Å². The van der Waals surface area contributed by atoms with Gasteiger partial charge in [-0.1, -0.05) is 70.3 Å². The third-order valence-electron chi connectivity index (χ3n) is 5.68. The highest BCUT2D eigenvalue weighted by molar-refractivity contribution is 7.98. The van der Waals surface area contributed by atoms with Crippen molar-refractivity contribution in [3.05, 3.63) is 97.5 Å². The van der Waals surface area contributed by atoms with Crippen molar-refractivity contribution in [2.45, 2.75) is 41.1 Å². The van der Waals surface area contributed by atoms with E-state index in [4.69, 9.17) is 51.4 Å². The molecule has 2 nitrogen and oxygen atoms in total. The third kappa shape index (κ3) is 5.29. The first kappa shape index (κ1) is 25.0. The van der Waals surface area contributed by atoms with Crippen molar-refractivity contribution >= 4 is 70.8 Å². The molecule has 1 aromatic heterocycles. The van der Waals surface area contributed by atoms with Gasteiger partial charge in [0, 0.05) is 33.3 Å². The van der Waals surface area contributed by atoms with Gasteiger partial charge in [0.1, 0.15) is 5.83 Å². The van der Waals surface area contributed by atoms with Gasteiger partial charge in [0.2, 0.25) is 0 Å². The monoisotopic (exact) mass is 558 g/mol. The number of hydrogen-bond acceptors (Lipinski definition) is 3. The molecule has 0 saturated carbocycles. The van der Waals surface area contributed by atoms with E-state index >= 15 is 0 Å². The van der Waals surface area contributed by atoms with E-state index in [0.717, 1.165) is 22.0 Å². The number of fused-ring (bicyclic) bond motifs is 1. The molecular weight excluding hydrogens is 541 g/mol. The van der Waals surface area contributed by atoms with Crippen molar-refractivity contribution < 1.29 is 4.39 Å². The van der Waals surface area contributed by atoms with Crippen LogP contribution in [0.15, 0.2) is 70.6 Å². The van der Waals surface area contributed by atoms with Crippen LogP contribution in [-0.2, 0) is 17.7 Å². The molecule has 2 aromatic carbocycles. The molecule has 9 heteroatoms. The van der Waals surface area contributed by atoms with Crippen molar-refractivity contribution in [3.63, 3.8) is 0 Å². The van der Waals surface area contributed by atoms with E-state index in [-0.39, 0.29) is 5.83 Å². The lowest BCUT2D eigenvalue weighted by Crippen LogP contribution is -2.26. The first-order valence-electron chi connectivity index (χ1n) is 10.0. The molecule has 33 heavy (non-hydrogen) atoms. The van der Waals surface area contributed by atoms with E-state index in [0.29, 0.717) is 43.7 Å². The molecule has 1 aliphatic heterocycles. The van der Waals surface area contributed by atoms with Gasteiger partial charge in [0.15, 0.2) is 5.16 Å². The number of aromatic nitrogens is 2. The average Bonchev–Trinajstić information content (AvgIpc) is 3.20. The lowest BCUT2D eigenvalue weighted by molar-refractivity contribution is 0.512. The number of halogens is 5. The smallest absolute Gasteiger partial charge is 0.168 e. The second-order valence-corrected chi connectivity index (χ2v) is 10.9. The number of thioether (sulfide) groups is 1. The number of thiol groups is 1. The van der Waals surface area contributed by atoms with Crippen LogP contribution >= 0.6 is 70.8 Å². The molecule has 1 unspecified atom stereocenters. The van der Waals surface area contributed by atoms with E-state index in [9.17, 15) is 4.39 Å². The fourth-order valence-corrected chi connectivity index (χ4v) is 5.80. The van der Waals surface area contributed by atoms with E-state index in [1.54, 1.807) is 36.0 Å². The molecule has 0 fully saturated rings. The maximum Gasteiger partial charge on any atom is 0.168 e. The largest absolute Gasteiger partial charge is 0.318 e. The molecule has 0 radical (unpaired) electrons. The Balaban J connectivity index is 1.74. The minimum atomic E-state index is -0.570. The third-order valence-corrected chi connectivity index (χ3v) is 8.63. The standard InChI is InChI=1S/C24H19Cl4FN2S2/c1-24(15-4-5-17(25)19(27)10-15)7-6-16(29)3-2-8-31-22(24)12-30-23(31)33-13-14-9-21(32)20(28)11-18(14)26/h2-6,9-12,32H,7-8,13H2,1H3/b3-2-,16-6+. The minimum absolute atomic E-state index is 0.275. The molecule has 0 saturated heterocycles. The SMILES string of the molecule is CC1(c2ccc(Cl)c(Cl)c2)C/C=C(F)\C=C/Cn2c1cnc2SCc1cc(S)c(Cl)cc1Cl. The molecule has 4 rings (SSSR count). The summed E-state index contributed by atoms with van der Waals surface area (Å²) in [5.41, 5.74) is 2.23.